The number of methoxy groups -OCH3 is 1. The van der Waals surface area contributed by atoms with Gasteiger partial charge in [-0.25, -0.2) is 5.84 Å². The Morgan fingerprint density at radius 2 is 2.30 bits per heavy atom. The number of hydrazine groups is 1. The summed E-state index contributed by atoms with van der Waals surface area (Å²) in [5.74, 6) is 7.37. The lowest BCUT2D eigenvalue weighted by Gasteiger charge is -2.33. The number of ether oxygens (including phenoxy) is 2. The number of amides is 1. The largest absolute Gasteiger partial charge is 0.481 e. The van der Waals surface area contributed by atoms with Crippen LogP contribution >= 0.6 is 0 Å². The first-order valence-electron chi connectivity index (χ1n) is 6.78. The van der Waals surface area contributed by atoms with E-state index < -0.39 is 0 Å². The number of para-hydroxylation sites is 1. The van der Waals surface area contributed by atoms with Crippen LogP contribution in [-0.2, 0) is 9.53 Å². The van der Waals surface area contributed by atoms with E-state index in [0.717, 1.165) is 12.2 Å². The fourth-order valence-corrected chi connectivity index (χ4v) is 2.41. The number of fused-ring (bicyclic) bond motifs is 1. The number of benzene rings is 1. The predicted molar refractivity (Wildman–Crippen MR) is 75.6 cm³/mol. The van der Waals surface area contributed by atoms with E-state index in [2.05, 4.69) is 0 Å². The Labute approximate surface area is 118 Å². The third-order valence-electron chi connectivity index (χ3n) is 3.62. The smallest absolute Gasteiger partial charge is 0.266 e. The molecule has 0 bridgehead atoms. The van der Waals surface area contributed by atoms with E-state index in [1.54, 1.807) is 17.0 Å². The summed E-state index contributed by atoms with van der Waals surface area (Å²) in [5, 5.41) is 1.71. The number of rotatable bonds is 5. The Kier molecular flexibility index (Phi) is 3.50. The van der Waals surface area contributed by atoms with Crippen molar-refractivity contribution in [1.82, 2.24) is 0 Å². The summed E-state index contributed by atoms with van der Waals surface area (Å²) in [5.41, 5.74) is 1.51. The lowest BCUT2D eigenvalue weighted by Crippen LogP contribution is -2.42. The van der Waals surface area contributed by atoms with Crippen LogP contribution in [-0.4, -0.2) is 32.9 Å². The molecule has 6 nitrogen and oxygen atoms in total. The van der Waals surface area contributed by atoms with Crippen LogP contribution in [0.5, 0.6) is 5.75 Å². The molecule has 20 heavy (non-hydrogen) atoms. The molecule has 0 saturated heterocycles. The predicted octanol–water partition coefficient (Wildman–Crippen LogP) is 1.11. The molecule has 1 fully saturated rings. The first-order chi connectivity index (χ1) is 9.70. The molecule has 2 N–H and O–H groups in total. The van der Waals surface area contributed by atoms with Gasteiger partial charge >= 0.3 is 0 Å². The van der Waals surface area contributed by atoms with Crippen LogP contribution in [0, 0.1) is 5.92 Å². The van der Waals surface area contributed by atoms with Crippen molar-refractivity contribution in [2.75, 3.05) is 36.9 Å². The van der Waals surface area contributed by atoms with E-state index in [4.69, 9.17) is 15.3 Å². The van der Waals surface area contributed by atoms with Gasteiger partial charge in [0.2, 0.25) is 0 Å². The second kappa shape index (κ2) is 5.30. The summed E-state index contributed by atoms with van der Waals surface area (Å²) in [4.78, 5) is 13.6. The van der Waals surface area contributed by atoms with Crippen molar-refractivity contribution < 1.29 is 14.3 Å². The summed E-state index contributed by atoms with van der Waals surface area (Å²) in [6.07, 6.45) is 2.44. The summed E-state index contributed by atoms with van der Waals surface area (Å²) in [7, 11) is 1.56. The molecule has 1 aromatic rings. The molecule has 1 aliphatic carbocycles. The number of nitrogens with two attached hydrogens (primary N) is 1. The molecule has 1 heterocycles. The second-order valence-corrected chi connectivity index (χ2v) is 5.25. The molecule has 6 heteroatoms. The van der Waals surface area contributed by atoms with Gasteiger partial charge in [-0.15, -0.1) is 0 Å². The minimum Gasteiger partial charge on any atom is -0.481 e. The van der Waals surface area contributed by atoms with Crippen molar-refractivity contribution >= 4 is 17.3 Å². The topological polar surface area (TPSA) is 68.0 Å². The van der Waals surface area contributed by atoms with Gasteiger partial charge in [0.1, 0.15) is 18.2 Å². The van der Waals surface area contributed by atoms with Crippen LogP contribution in [0.15, 0.2) is 18.2 Å². The van der Waals surface area contributed by atoms with E-state index in [0.29, 0.717) is 17.4 Å². The van der Waals surface area contributed by atoms with Crippen LogP contribution in [0.2, 0.25) is 0 Å². The van der Waals surface area contributed by atoms with Gasteiger partial charge in [0.25, 0.3) is 5.91 Å². The molecule has 0 unspecified atom stereocenters. The summed E-state index contributed by atoms with van der Waals surface area (Å²) in [6, 6.07) is 5.65. The molecule has 0 atom stereocenters. The highest BCUT2D eigenvalue weighted by molar-refractivity contribution is 6.01. The average molecular weight is 277 g/mol. The fourth-order valence-electron chi connectivity index (χ4n) is 2.41. The minimum atomic E-state index is -0.119. The Balaban J connectivity index is 1.95. The van der Waals surface area contributed by atoms with Crippen molar-refractivity contribution in [3.05, 3.63) is 18.2 Å². The Morgan fingerprint density at radius 3 is 3.00 bits per heavy atom. The zero-order chi connectivity index (χ0) is 14.1. The molecular weight excluding hydrogens is 258 g/mol. The van der Waals surface area contributed by atoms with Crippen LogP contribution in [0.25, 0.3) is 0 Å². The molecule has 0 radical (unpaired) electrons. The molecule has 108 valence electrons. The van der Waals surface area contributed by atoms with E-state index in [-0.39, 0.29) is 19.2 Å². The van der Waals surface area contributed by atoms with Crippen LogP contribution in [0.1, 0.15) is 12.8 Å². The van der Waals surface area contributed by atoms with Gasteiger partial charge in [0, 0.05) is 13.7 Å². The molecule has 0 aromatic heterocycles. The zero-order valence-electron chi connectivity index (χ0n) is 11.5. The van der Waals surface area contributed by atoms with Gasteiger partial charge in [0.05, 0.1) is 5.69 Å². The zero-order valence-corrected chi connectivity index (χ0v) is 11.5. The number of carbonyl (C=O) groups excluding carboxylic acids is 1. The van der Waals surface area contributed by atoms with E-state index >= 15 is 0 Å². The minimum absolute atomic E-state index is 0.0347. The van der Waals surface area contributed by atoms with E-state index in [1.807, 2.05) is 18.2 Å². The summed E-state index contributed by atoms with van der Waals surface area (Å²) in [6.45, 7) is 1.03. The lowest BCUT2D eigenvalue weighted by molar-refractivity contribution is -0.122. The highest BCUT2D eigenvalue weighted by Gasteiger charge is 2.31. The maximum Gasteiger partial charge on any atom is 0.266 e. The molecule has 3 rings (SSSR count). The van der Waals surface area contributed by atoms with Crippen LogP contribution < -0.4 is 20.5 Å². The molecule has 1 amide bonds. The number of nitrogens with zero attached hydrogens (tertiary/aromatic N) is 2. The monoisotopic (exact) mass is 277 g/mol. The highest BCUT2D eigenvalue weighted by Crippen LogP contribution is 2.41. The van der Waals surface area contributed by atoms with E-state index in [9.17, 15) is 4.79 Å². The van der Waals surface area contributed by atoms with Crippen molar-refractivity contribution in [2.45, 2.75) is 12.8 Å². The van der Waals surface area contributed by atoms with Crippen LogP contribution in [0.4, 0.5) is 11.4 Å². The first kappa shape index (κ1) is 13.2. The lowest BCUT2D eigenvalue weighted by atomic mass is 10.2. The van der Waals surface area contributed by atoms with Crippen molar-refractivity contribution in [2.24, 2.45) is 11.8 Å². The van der Waals surface area contributed by atoms with Crippen molar-refractivity contribution in [3.8, 4) is 5.75 Å². The molecule has 1 saturated carbocycles. The highest BCUT2D eigenvalue weighted by atomic mass is 16.5. The SMILES string of the molecule is COCN1C(=O)COc2cccc(N(N)CC3CC3)c21. The summed E-state index contributed by atoms with van der Waals surface area (Å²) < 4.78 is 10.6. The molecule has 0 spiro atoms. The van der Waals surface area contributed by atoms with Gasteiger partial charge in [-0.1, -0.05) is 6.07 Å². The third kappa shape index (κ3) is 2.44. The third-order valence-corrected chi connectivity index (χ3v) is 3.62. The number of hydrogen-bond acceptors (Lipinski definition) is 5. The fraction of sp³-hybridized carbons (Fsp3) is 0.500. The normalized spacial score (nSPS) is 17.7. The quantitative estimate of drug-likeness (QED) is 0.645. The maximum atomic E-state index is 12.0. The molecule has 1 aliphatic heterocycles. The van der Waals surface area contributed by atoms with E-state index in [1.165, 1.54) is 12.8 Å². The molecule has 1 aromatic carbocycles. The molecule has 2 aliphatic rings. The number of carbonyl (C=O) groups is 1. The van der Waals surface area contributed by atoms with Gasteiger partial charge in [0.15, 0.2) is 6.61 Å². The number of hydrogen-bond donors (Lipinski definition) is 1. The average Bonchev–Trinajstić information content (AvgIpc) is 3.25. The Morgan fingerprint density at radius 1 is 1.50 bits per heavy atom. The summed E-state index contributed by atoms with van der Waals surface area (Å²) >= 11 is 0. The van der Waals surface area contributed by atoms with Crippen molar-refractivity contribution in [3.63, 3.8) is 0 Å². The first-order valence-corrected chi connectivity index (χ1v) is 6.78. The standard InChI is InChI=1S/C14H19N3O3/c1-19-9-16-13(18)8-20-12-4-2-3-11(14(12)16)17(15)7-10-5-6-10/h2-4,10H,5-9,15H2,1H3. The van der Waals surface area contributed by atoms with Gasteiger partial charge in [-0.2, -0.15) is 0 Å². The Bertz CT molecular complexity index is 516. The van der Waals surface area contributed by atoms with Crippen LogP contribution in [0.3, 0.4) is 0 Å². The second-order valence-electron chi connectivity index (χ2n) is 5.25. The van der Waals surface area contributed by atoms with Crippen molar-refractivity contribution in [1.29, 1.82) is 0 Å². The van der Waals surface area contributed by atoms with Gasteiger partial charge in [-0.3, -0.25) is 9.69 Å². The van der Waals surface area contributed by atoms with Gasteiger partial charge < -0.3 is 14.5 Å². The number of anilines is 2. The maximum absolute atomic E-state index is 12.0. The molecular formula is C14H19N3O3. The van der Waals surface area contributed by atoms with Gasteiger partial charge in [-0.05, 0) is 30.9 Å². The Hall–Kier alpha value is -1.79.